The Morgan fingerprint density at radius 1 is 1.00 bits per heavy atom. The van der Waals surface area contributed by atoms with Crippen LogP contribution in [0, 0.1) is 0 Å². The lowest BCUT2D eigenvalue weighted by Gasteiger charge is -2.09. The summed E-state index contributed by atoms with van der Waals surface area (Å²) in [6.07, 6.45) is 2.40. The van der Waals surface area contributed by atoms with E-state index in [1.807, 2.05) is 12.1 Å². The third kappa shape index (κ3) is 4.47. The van der Waals surface area contributed by atoms with Crippen molar-refractivity contribution in [2.75, 3.05) is 6.61 Å². The molecule has 0 bridgehead atoms. The minimum absolute atomic E-state index is 0.0231. The molecule has 0 aliphatic heterocycles. The quantitative estimate of drug-likeness (QED) is 0.398. The Hall–Kier alpha value is -4.18. The zero-order valence-corrected chi connectivity index (χ0v) is 18.4. The highest BCUT2D eigenvalue weighted by atomic mass is 19.4. The molecule has 0 unspecified atom stereocenters. The number of fused-ring (bicyclic) bond motifs is 1. The van der Waals surface area contributed by atoms with Crippen molar-refractivity contribution >= 4 is 11.0 Å². The molecule has 5 rings (SSSR count). The number of hydrogen-bond acceptors (Lipinski definition) is 4. The van der Waals surface area contributed by atoms with Gasteiger partial charge in [0, 0.05) is 47.5 Å². The molecule has 0 aliphatic carbocycles. The molecule has 0 saturated carbocycles. The van der Waals surface area contributed by atoms with Gasteiger partial charge < -0.3 is 14.2 Å². The van der Waals surface area contributed by atoms with Crippen molar-refractivity contribution in [3.05, 3.63) is 101 Å². The average molecular weight is 479 g/mol. The van der Waals surface area contributed by atoms with Gasteiger partial charge in [-0.15, -0.1) is 0 Å². The molecule has 35 heavy (non-hydrogen) atoms. The lowest BCUT2D eigenvalue weighted by atomic mass is 10.1. The lowest BCUT2D eigenvalue weighted by Crippen LogP contribution is -2.19. The number of benzene rings is 1. The van der Waals surface area contributed by atoms with Crippen molar-refractivity contribution in [2.24, 2.45) is 0 Å². The molecular formula is C25H20F3N5O2. The molecule has 0 fully saturated rings. The fourth-order valence-electron chi connectivity index (χ4n) is 3.99. The minimum atomic E-state index is -4.42. The minimum Gasteiger partial charge on any atom is -0.394 e. The van der Waals surface area contributed by atoms with Crippen molar-refractivity contribution in [2.45, 2.75) is 19.3 Å². The Kier molecular flexibility index (Phi) is 5.73. The summed E-state index contributed by atoms with van der Waals surface area (Å²) in [5, 5.41) is 14.1. The molecule has 10 heteroatoms. The molecular weight excluding hydrogens is 459 g/mol. The molecule has 7 nitrogen and oxygen atoms in total. The summed E-state index contributed by atoms with van der Waals surface area (Å²) in [5.41, 5.74) is 2.25. The highest BCUT2D eigenvalue weighted by Gasteiger charge is 2.30. The predicted octanol–water partition coefficient (Wildman–Crippen LogP) is 4.11. The monoisotopic (exact) mass is 479 g/mol. The van der Waals surface area contributed by atoms with Crippen molar-refractivity contribution in [1.82, 2.24) is 23.9 Å². The van der Waals surface area contributed by atoms with Gasteiger partial charge in [0.1, 0.15) is 5.65 Å². The number of aliphatic hydroxyl groups is 1. The first-order chi connectivity index (χ1) is 16.8. The van der Waals surface area contributed by atoms with E-state index in [4.69, 9.17) is 5.11 Å². The Morgan fingerprint density at radius 2 is 1.80 bits per heavy atom. The largest absolute Gasteiger partial charge is 0.416 e. The summed E-state index contributed by atoms with van der Waals surface area (Å²) in [4.78, 5) is 17.3. The number of pyridine rings is 2. The first kappa shape index (κ1) is 22.6. The number of aromatic nitrogens is 5. The topological polar surface area (TPSA) is 77.9 Å². The summed E-state index contributed by atoms with van der Waals surface area (Å²) in [6, 6.07) is 13.6. The van der Waals surface area contributed by atoms with Gasteiger partial charge in [0.05, 0.1) is 31.0 Å². The number of halogens is 3. The fourth-order valence-corrected chi connectivity index (χ4v) is 3.99. The van der Waals surface area contributed by atoms with Crippen LogP contribution in [0.4, 0.5) is 13.2 Å². The van der Waals surface area contributed by atoms with Crippen LogP contribution in [0.3, 0.4) is 0 Å². The second-order valence-corrected chi connectivity index (χ2v) is 8.01. The number of nitrogens with zero attached hydrogens (tertiary/aromatic N) is 5. The Balaban J connectivity index is 1.50. The maximum Gasteiger partial charge on any atom is 0.416 e. The Bertz CT molecular complexity index is 1550. The molecule has 1 aromatic carbocycles. The normalized spacial score (nSPS) is 11.9. The van der Waals surface area contributed by atoms with Crippen LogP contribution >= 0.6 is 0 Å². The maximum atomic E-state index is 13.0. The van der Waals surface area contributed by atoms with Crippen LogP contribution < -0.4 is 5.56 Å². The van der Waals surface area contributed by atoms with Gasteiger partial charge in [0.15, 0.2) is 0 Å². The van der Waals surface area contributed by atoms with Gasteiger partial charge in [-0.3, -0.25) is 9.48 Å². The second kappa shape index (κ2) is 8.88. The van der Waals surface area contributed by atoms with Gasteiger partial charge in [-0.1, -0.05) is 0 Å². The highest BCUT2D eigenvalue weighted by molar-refractivity contribution is 5.95. The van der Waals surface area contributed by atoms with E-state index in [9.17, 15) is 18.0 Å². The third-order valence-corrected chi connectivity index (χ3v) is 5.70. The molecule has 178 valence electrons. The van der Waals surface area contributed by atoms with Gasteiger partial charge in [-0.05, 0) is 54.1 Å². The van der Waals surface area contributed by atoms with Gasteiger partial charge in [0.25, 0.3) is 5.56 Å². The lowest BCUT2D eigenvalue weighted by molar-refractivity contribution is -0.137. The summed E-state index contributed by atoms with van der Waals surface area (Å²) in [6.45, 7) is 0.641. The van der Waals surface area contributed by atoms with E-state index in [1.54, 1.807) is 46.2 Å². The van der Waals surface area contributed by atoms with Gasteiger partial charge >= 0.3 is 6.18 Å². The smallest absolute Gasteiger partial charge is 0.394 e. The molecule has 0 amide bonds. The van der Waals surface area contributed by atoms with Crippen molar-refractivity contribution in [1.29, 1.82) is 0 Å². The number of aliphatic hydroxyl groups excluding tert-OH is 1. The third-order valence-electron chi connectivity index (χ3n) is 5.70. The van der Waals surface area contributed by atoms with E-state index in [0.717, 1.165) is 23.1 Å². The van der Waals surface area contributed by atoms with Crippen LogP contribution in [0.1, 0.15) is 11.3 Å². The number of rotatable bonds is 6. The number of hydrogen-bond donors (Lipinski definition) is 1. The van der Waals surface area contributed by atoms with Crippen molar-refractivity contribution < 1.29 is 18.3 Å². The zero-order chi connectivity index (χ0) is 24.6. The number of alkyl halides is 3. The molecule has 5 aromatic rings. The summed E-state index contributed by atoms with van der Waals surface area (Å²) in [7, 11) is 0. The van der Waals surface area contributed by atoms with E-state index >= 15 is 0 Å². The van der Waals surface area contributed by atoms with Crippen molar-refractivity contribution in [3.8, 4) is 16.8 Å². The molecule has 0 atom stereocenters. The first-order valence-corrected chi connectivity index (χ1v) is 10.8. The van der Waals surface area contributed by atoms with E-state index in [1.165, 1.54) is 22.8 Å². The van der Waals surface area contributed by atoms with Crippen LogP contribution in [0.25, 0.3) is 27.8 Å². The van der Waals surface area contributed by atoms with E-state index in [-0.39, 0.29) is 18.7 Å². The summed E-state index contributed by atoms with van der Waals surface area (Å²) in [5.74, 6) is 0. The van der Waals surface area contributed by atoms with Crippen LogP contribution in [-0.4, -0.2) is 35.6 Å². The van der Waals surface area contributed by atoms with Gasteiger partial charge in [-0.25, -0.2) is 4.98 Å². The molecule has 4 aromatic heterocycles. The van der Waals surface area contributed by atoms with Gasteiger partial charge in [-0.2, -0.15) is 18.3 Å². The second-order valence-electron chi connectivity index (χ2n) is 8.01. The Labute approximate surface area is 197 Å². The zero-order valence-electron chi connectivity index (χ0n) is 18.4. The van der Waals surface area contributed by atoms with Crippen LogP contribution in [-0.2, 0) is 19.3 Å². The maximum absolute atomic E-state index is 13.0. The fraction of sp³-hybridized carbons (Fsp3) is 0.160. The van der Waals surface area contributed by atoms with Crippen LogP contribution in [0.5, 0.6) is 0 Å². The Morgan fingerprint density at radius 3 is 2.51 bits per heavy atom. The van der Waals surface area contributed by atoms with Crippen LogP contribution in [0.15, 0.2) is 84.2 Å². The molecule has 0 spiro atoms. The van der Waals surface area contributed by atoms with E-state index < -0.39 is 11.7 Å². The summed E-state index contributed by atoms with van der Waals surface area (Å²) < 4.78 is 43.8. The predicted molar refractivity (Wildman–Crippen MR) is 124 cm³/mol. The molecule has 4 heterocycles. The van der Waals surface area contributed by atoms with Crippen LogP contribution in [0.2, 0.25) is 0 Å². The molecule has 0 aliphatic rings. The van der Waals surface area contributed by atoms with E-state index in [0.29, 0.717) is 29.1 Å². The molecule has 0 saturated heterocycles. The van der Waals surface area contributed by atoms with E-state index in [2.05, 4.69) is 10.1 Å². The van der Waals surface area contributed by atoms with Gasteiger partial charge in [0.2, 0.25) is 0 Å². The average Bonchev–Trinajstić information content (AvgIpc) is 3.45. The SMILES string of the molecule is O=c1cc(-c2cn(-c3ccc(C(F)(F)F)cc3)c3ncccc23)ccn1Cc1ccn(CCO)n1. The first-order valence-electron chi connectivity index (χ1n) is 10.8. The highest BCUT2D eigenvalue weighted by Crippen LogP contribution is 2.33. The molecule has 1 N–H and O–H groups in total. The standard InChI is InChI=1S/C25H20F3N5O2/c26-25(27,28)18-3-5-20(6-4-18)33-16-22(21-2-1-9-29-24(21)33)17-7-10-31(23(35)14-17)15-19-8-11-32(30-19)12-13-34/h1-11,14,16,34H,12-13,15H2. The van der Waals surface area contributed by atoms with Crippen molar-refractivity contribution in [3.63, 3.8) is 0 Å². The summed E-state index contributed by atoms with van der Waals surface area (Å²) >= 11 is 0. The molecule has 0 radical (unpaired) electrons.